The van der Waals surface area contributed by atoms with Crippen molar-refractivity contribution in [2.24, 2.45) is 0 Å². The molecular weight excluding hydrogens is 364 g/mol. The molecule has 3 rings (SSSR count). The molecule has 3 aromatic rings. The fourth-order valence-corrected chi connectivity index (χ4v) is 2.72. The van der Waals surface area contributed by atoms with Crippen molar-refractivity contribution in [1.82, 2.24) is 10.9 Å². The average molecular weight is 381 g/mol. The number of ether oxygens (including phenoxy) is 1. The average Bonchev–Trinajstić information content (AvgIpc) is 2.72. The Kier molecular flexibility index (Phi) is 5.74. The maximum absolute atomic E-state index is 12.2. The number of amides is 2. The second kappa shape index (κ2) is 8.38. The molecule has 0 spiro atoms. The van der Waals surface area contributed by atoms with Crippen molar-refractivity contribution in [3.05, 3.63) is 88.9 Å². The summed E-state index contributed by atoms with van der Waals surface area (Å²) in [4.78, 5) is 24.3. The van der Waals surface area contributed by atoms with E-state index in [1.165, 1.54) is 0 Å². The molecule has 0 unspecified atom stereocenters. The third-order valence-electron chi connectivity index (χ3n) is 3.98. The van der Waals surface area contributed by atoms with E-state index in [2.05, 4.69) is 10.9 Å². The molecule has 0 aliphatic carbocycles. The number of hydrogen-bond donors (Lipinski definition) is 2. The number of hydrazine groups is 1. The van der Waals surface area contributed by atoms with Gasteiger partial charge in [0.25, 0.3) is 11.8 Å². The number of benzene rings is 3. The Morgan fingerprint density at radius 2 is 1.33 bits per heavy atom. The highest BCUT2D eigenvalue weighted by atomic mass is 35.5. The van der Waals surface area contributed by atoms with Gasteiger partial charge in [-0.2, -0.15) is 0 Å². The van der Waals surface area contributed by atoms with Crippen molar-refractivity contribution in [2.75, 3.05) is 7.11 Å². The van der Waals surface area contributed by atoms with Gasteiger partial charge in [-0.1, -0.05) is 48.0 Å². The van der Waals surface area contributed by atoms with Crippen LogP contribution in [0.1, 0.15) is 20.7 Å². The van der Waals surface area contributed by atoms with E-state index in [0.717, 1.165) is 16.9 Å². The first-order chi connectivity index (χ1) is 13.1. The lowest BCUT2D eigenvalue weighted by atomic mass is 10.0. The number of rotatable bonds is 4. The Morgan fingerprint density at radius 3 is 1.93 bits per heavy atom. The molecule has 6 heteroatoms. The van der Waals surface area contributed by atoms with Crippen molar-refractivity contribution < 1.29 is 14.3 Å². The molecule has 2 N–H and O–H groups in total. The summed E-state index contributed by atoms with van der Waals surface area (Å²) < 4.78 is 5.15. The van der Waals surface area contributed by atoms with E-state index in [4.69, 9.17) is 16.3 Å². The van der Waals surface area contributed by atoms with E-state index in [1.54, 1.807) is 43.5 Å². The lowest BCUT2D eigenvalue weighted by molar-refractivity contribution is 0.0847. The minimum Gasteiger partial charge on any atom is -0.497 e. The molecule has 0 radical (unpaired) electrons. The van der Waals surface area contributed by atoms with Crippen molar-refractivity contribution in [3.8, 4) is 16.9 Å². The van der Waals surface area contributed by atoms with E-state index >= 15 is 0 Å². The first-order valence-electron chi connectivity index (χ1n) is 8.18. The predicted molar refractivity (Wildman–Crippen MR) is 105 cm³/mol. The Balaban J connectivity index is 1.63. The molecule has 0 aliphatic rings. The number of methoxy groups -OCH3 is 1. The van der Waals surface area contributed by atoms with E-state index in [9.17, 15) is 9.59 Å². The highest BCUT2D eigenvalue weighted by molar-refractivity contribution is 6.33. The van der Waals surface area contributed by atoms with Gasteiger partial charge in [-0.05, 0) is 47.5 Å². The summed E-state index contributed by atoms with van der Waals surface area (Å²) in [6, 6.07) is 21.3. The zero-order valence-corrected chi connectivity index (χ0v) is 15.3. The molecule has 0 aromatic heterocycles. The third kappa shape index (κ3) is 4.46. The van der Waals surface area contributed by atoms with Crippen LogP contribution < -0.4 is 15.6 Å². The standard InChI is InChI=1S/C21H17ClN2O3/c1-27-17-12-10-15(11-13-17)14-6-8-16(9-7-14)20(25)23-24-21(26)18-4-2-3-5-19(18)22/h2-13H,1H3,(H,23,25)(H,24,26). The third-order valence-corrected chi connectivity index (χ3v) is 4.31. The topological polar surface area (TPSA) is 67.4 Å². The maximum Gasteiger partial charge on any atom is 0.271 e. The molecule has 0 aliphatic heterocycles. The second-order valence-electron chi connectivity index (χ2n) is 5.69. The molecule has 0 saturated heterocycles. The zero-order chi connectivity index (χ0) is 19.2. The van der Waals surface area contributed by atoms with Gasteiger partial charge >= 0.3 is 0 Å². The Bertz CT molecular complexity index is 954. The normalized spacial score (nSPS) is 10.1. The van der Waals surface area contributed by atoms with Gasteiger partial charge in [-0.15, -0.1) is 0 Å². The summed E-state index contributed by atoms with van der Waals surface area (Å²) in [5, 5.41) is 0.313. The Hall–Kier alpha value is -3.31. The van der Waals surface area contributed by atoms with E-state index in [1.807, 2.05) is 36.4 Å². The highest BCUT2D eigenvalue weighted by Crippen LogP contribution is 2.22. The summed E-state index contributed by atoms with van der Waals surface area (Å²) in [7, 11) is 1.62. The van der Waals surface area contributed by atoms with Crippen molar-refractivity contribution >= 4 is 23.4 Å². The second-order valence-corrected chi connectivity index (χ2v) is 6.10. The number of carbonyl (C=O) groups is 2. The molecule has 136 valence electrons. The predicted octanol–water partition coefficient (Wildman–Crippen LogP) is 4.09. The summed E-state index contributed by atoms with van der Waals surface area (Å²) in [5.41, 5.74) is 7.43. The van der Waals surface area contributed by atoms with Gasteiger partial charge in [0.2, 0.25) is 0 Å². The fraction of sp³-hybridized carbons (Fsp3) is 0.0476. The van der Waals surface area contributed by atoms with Crippen LogP contribution in [0.25, 0.3) is 11.1 Å². The van der Waals surface area contributed by atoms with E-state index in [-0.39, 0.29) is 5.56 Å². The quantitative estimate of drug-likeness (QED) is 0.670. The minimum atomic E-state index is -0.483. The van der Waals surface area contributed by atoms with Crippen molar-refractivity contribution in [1.29, 1.82) is 0 Å². The first kappa shape index (κ1) is 18.5. The molecule has 27 heavy (non-hydrogen) atoms. The molecule has 0 heterocycles. The molecule has 0 bridgehead atoms. The Labute approximate surface area is 161 Å². The summed E-state index contributed by atoms with van der Waals surface area (Å²) >= 11 is 5.96. The highest BCUT2D eigenvalue weighted by Gasteiger charge is 2.11. The van der Waals surface area contributed by atoms with E-state index < -0.39 is 11.8 Å². The molecule has 0 saturated carbocycles. The number of hydrogen-bond acceptors (Lipinski definition) is 3. The number of carbonyl (C=O) groups excluding carboxylic acids is 2. The summed E-state index contributed by atoms with van der Waals surface area (Å²) in [6.45, 7) is 0. The maximum atomic E-state index is 12.2. The van der Waals surface area contributed by atoms with Crippen LogP contribution in [0.5, 0.6) is 5.75 Å². The smallest absolute Gasteiger partial charge is 0.271 e. The number of halogens is 1. The molecular formula is C21H17ClN2O3. The summed E-state index contributed by atoms with van der Waals surface area (Å²) in [5.74, 6) is -0.121. The van der Waals surface area contributed by atoms with Gasteiger partial charge < -0.3 is 4.74 Å². The van der Waals surface area contributed by atoms with Crippen LogP contribution in [0.4, 0.5) is 0 Å². The first-order valence-corrected chi connectivity index (χ1v) is 8.56. The number of nitrogens with one attached hydrogen (secondary N) is 2. The van der Waals surface area contributed by atoms with Crippen molar-refractivity contribution in [2.45, 2.75) is 0 Å². The van der Waals surface area contributed by atoms with Crippen LogP contribution in [0.2, 0.25) is 5.02 Å². The molecule has 0 fully saturated rings. The van der Waals surface area contributed by atoms with Gasteiger partial charge in [0.1, 0.15) is 5.75 Å². The summed E-state index contributed by atoms with van der Waals surface area (Å²) in [6.07, 6.45) is 0. The molecule has 0 atom stereocenters. The molecule has 2 amide bonds. The lowest BCUT2D eigenvalue weighted by Gasteiger charge is -2.09. The van der Waals surface area contributed by atoms with Crippen LogP contribution in [0.3, 0.4) is 0 Å². The van der Waals surface area contributed by atoms with Gasteiger partial charge in [0.15, 0.2) is 0 Å². The van der Waals surface area contributed by atoms with Gasteiger partial charge in [-0.25, -0.2) is 0 Å². The van der Waals surface area contributed by atoms with Gasteiger partial charge in [-0.3, -0.25) is 20.4 Å². The molecule has 3 aromatic carbocycles. The fourth-order valence-electron chi connectivity index (χ4n) is 2.50. The SMILES string of the molecule is COc1ccc(-c2ccc(C(=O)NNC(=O)c3ccccc3Cl)cc2)cc1. The van der Waals surface area contributed by atoms with E-state index in [0.29, 0.717) is 10.6 Å². The lowest BCUT2D eigenvalue weighted by Crippen LogP contribution is -2.41. The Morgan fingerprint density at radius 1 is 0.778 bits per heavy atom. The molecule has 5 nitrogen and oxygen atoms in total. The van der Waals surface area contributed by atoms with Crippen LogP contribution in [0.15, 0.2) is 72.8 Å². The zero-order valence-electron chi connectivity index (χ0n) is 14.5. The minimum absolute atomic E-state index is 0.286. The van der Waals surface area contributed by atoms with Crippen molar-refractivity contribution in [3.63, 3.8) is 0 Å². The largest absolute Gasteiger partial charge is 0.497 e. The van der Waals surface area contributed by atoms with Gasteiger partial charge in [0, 0.05) is 5.56 Å². The van der Waals surface area contributed by atoms with Crippen LogP contribution in [-0.2, 0) is 0 Å². The van der Waals surface area contributed by atoms with Crippen LogP contribution >= 0.6 is 11.6 Å². The van der Waals surface area contributed by atoms with Gasteiger partial charge in [0.05, 0.1) is 17.7 Å². The van der Waals surface area contributed by atoms with Crippen LogP contribution in [-0.4, -0.2) is 18.9 Å². The van der Waals surface area contributed by atoms with Crippen LogP contribution in [0, 0.1) is 0 Å². The monoisotopic (exact) mass is 380 g/mol.